The molecule has 0 aliphatic heterocycles. The average molecular weight is 431 g/mol. The number of rotatable bonds is 8. The van der Waals surface area contributed by atoms with Crippen molar-refractivity contribution in [3.05, 3.63) is 76.3 Å². The van der Waals surface area contributed by atoms with Crippen LogP contribution in [0.5, 0.6) is 0 Å². The highest BCUT2D eigenvalue weighted by molar-refractivity contribution is 6.30. The van der Waals surface area contributed by atoms with E-state index in [1.54, 1.807) is 43.3 Å². The van der Waals surface area contributed by atoms with Crippen LogP contribution in [-0.2, 0) is 11.2 Å². The Morgan fingerprint density at radius 3 is 2.37 bits per heavy atom. The summed E-state index contributed by atoms with van der Waals surface area (Å²) in [5.74, 6) is -0.446. The molecule has 0 radical (unpaired) electrons. The monoisotopic (exact) mass is 430 g/mol. The third-order valence-corrected chi connectivity index (χ3v) is 4.67. The fraction of sp³-hybridized carbons (Fsp3) is 0.250. The van der Waals surface area contributed by atoms with E-state index in [1.807, 2.05) is 0 Å². The van der Waals surface area contributed by atoms with Crippen LogP contribution >= 0.6 is 11.6 Å². The summed E-state index contributed by atoms with van der Waals surface area (Å²) in [6, 6.07) is 11.7. The molecule has 2 N–H and O–H groups in total. The Balaban J connectivity index is 1.58. The highest BCUT2D eigenvalue weighted by Crippen LogP contribution is 2.15. The maximum atomic E-state index is 13.2. The van der Waals surface area contributed by atoms with Crippen LogP contribution in [0.2, 0.25) is 5.02 Å². The number of amides is 2. The van der Waals surface area contributed by atoms with Crippen LogP contribution in [0.4, 0.5) is 4.39 Å². The molecule has 10 heteroatoms. The number of aromatic nitrogens is 4. The Labute approximate surface area is 177 Å². The zero-order valence-electron chi connectivity index (χ0n) is 16.2. The van der Waals surface area contributed by atoms with Gasteiger partial charge in [-0.3, -0.25) is 9.59 Å². The summed E-state index contributed by atoms with van der Waals surface area (Å²) in [5.41, 5.74) is 1.24. The van der Waals surface area contributed by atoms with Crippen LogP contribution in [0.1, 0.15) is 27.8 Å². The highest BCUT2D eigenvalue weighted by Gasteiger charge is 2.24. The Hall–Kier alpha value is -3.33. The molecule has 0 saturated carbocycles. The molecule has 1 heterocycles. The Bertz CT molecular complexity index is 1010. The number of halogens is 2. The van der Waals surface area contributed by atoms with Gasteiger partial charge in [0.05, 0.1) is 0 Å². The molecule has 30 heavy (non-hydrogen) atoms. The Morgan fingerprint density at radius 1 is 1.07 bits per heavy atom. The average Bonchev–Trinajstić information content (AvgIpc) is 3.16. The van der Waals surface area contributed by atoms with E-state index >= 15 is 0 Å². The van der Waals surface area contributed by atoms with Gasteiger partial charge in [0.25, 0.3) is 5.91 Å². The van der Waals surface area contributed by atoms with Gasteiger partial charge < -0.3 is 10.6 Å². The van der Waals surface area contributed by atoms with Gasteiger partial charge in [-0.2, -0.15) is 0 Å². The lowest BCUT2D eigenvalue weighted by Crippen LogP contribution is -2.39. The summed E-state index contributed by atoms with van der Waals surface area (Å²) in [7, 11) is 0. The second kappa shape index (κ2) is 9.93. The van der Waals surface area contributed by atoms with Crippen molar-refractivity contribution >= 4 is 23.4 Å². The molecular formula is C20H20ClFN6O2. The molecule has 0 fully saturated rings. The van der Waals surface area contributed by atoms with Gasteiger partial charge in [-0.15, -0.1) is 5.10 Å². The van der Waals surface area contributed by atoms with Crippen molar-refractivity contribution < 1.29 is 14.0 Å². The highest BCUT2D eigenvalue weighted by atomic mass is 35.5. The van der Waals surface area contributed by atoms with Crippen molar-refractivity contribution in [1.29, 1.82) is 0 Å². The molecule has 0 spiro atoms. The van der Waals surface area contributed by atoms with E-state index in [1.165, 1.54) is 16.8 Å². The van der Waals surface area contributed by atoms with E-state index in [0.29, 0.717) is 16.4 Å². The minimum atomic E-state index is -0.711. The summed E-state index contributed by atoms with van der Waals surface area (Å²) < 4.78 is 14.6. The van der Waals surface area contributed by atoms with Crippen molar-refractivity contribution in [3.8, 4) is 0 Å². The van der Waals surface area contributed by atoms with Gasteiger partial charge in [0.15, 0.2) is 0 Å². The molecule has 0 aliphatic carbocycles. The number of aryl methyl sites for hydroxylation is 1. The minimum absolute atomic E-state index is 0.221. The third kappa shape index (κ3) is 5.60. The SMILES string of the molecule is Cc1nnnn1C(Cc1ccc(F)cc1)C(=O)NCCNC(=O)c1ccc(Cl)cc1. The molecule has 2 aromatic carbocycles. The van der Waals surface area contributed by atoms with Crippen LogP contribution in [0, 0.1) is 12.7 Å². The van der Waals surface area contributed by atoms with Crippen molar-refractivity contribution in [2.75, 3.05) is 13.1 Å². The van der Waals surface area contributed by atoms with E-state index in [-0.39, 0.29) is 37.1 Å². The molecule has 3 rings (SSSR count). The van der Waals surface area contributed by atoms with Crippen LogP contribution < -0.4 is 10.6 Å². The molecule has 156 valence electrons. The molecule has 2 amide bonds. The second-order valence-corrected chi connectivity index (χ2v) is 7.01. The summed E-state index contributed by atoms with van der Waals surface area (Å²) >= 11 is 5.81. The molecule has 1 aromatic heterocycles. The predicted octanol–water partition coefficient (Wildman–Crippen LogP) is 2.10. The zero-order chi connectivity index (χ0) is 21.5. The predicted molar refractivity (Wildman–Crippen MR) is 108 cm³/mol. The molecule has 0 aliphatic rings. The van der Waals surface area contributed by atoms with Gasteiger partial charge in [0.2, 0.25) is 5.91 Å². The number of nitrogens with one attached hydrogen (secondary N) is 2. The molecule has 8 nitrogen and oxygen atoms in total. The van der Waals surface area contributed by atoms with Crippen molar-refractivity contribution in [1.82, 2.24) is 30.8 Å². The van der Waals surface area contributed by atoms with Crippen molar-refractivity contribution in [2.45, 2.75) is 19.4 Å². The first-order valence-electron chi connectivity index (χ1n) is 9.24. The minimum Gasteiger partial charge on any atom is -0.352 e. The van der Waals surface area contributed by atoms with E-state index in [4.69, 9.17) is 11.6 Å². The summed E-state index contributed by atoms with van der Waals surface area (Å²) in [4.78, 5) is 24.9. The van der Waals surface area contributed by atoms with Gasteiger partial charge in [0, 0.05) is 30.1 Å². The molecule has 1 atom stereocenters. The third-order valence-electron chi connectivity index (χ3n) is 4.41. The standard InChI is InChI=1S/C20H20ClFN6O2/c1-13-25-26-27-28(13)18(12-14-2-8-17(22)9-3-14)20(30)24-11-10-23-19(29)15-4-6-16(21)7-5-15/h2-9,18H,10-12H2,1H3,(H,23,29)(H,24,30). The number of carbonyl (C=O) groups is 2. The molecule has 0 bridgehead atoms. The maximum absolute atomic E-state index is 13.2. The van der Waals surface area contributed by atoms with Gasteiger partial charge in [0.1, 0.15) is 17.7 Å². The fourth-order valence-electron chi connectivity index (χ4n) is 2.84. The molecule has 1 unspecified atom stereocenters. The number of nitrogens with zero attached hydrogens (tertiary/aromatic N) is 4. The van der Waals surface area contributed by atoms with Gasteiger partial charge >= 0.3 is 0 Å². The van der Waals surface area contributed by atoms with E-state index < -0.39 is 6.04 Å². The van der Waals surface area contributed by atoms with Crippen LogP contribution in [0.25, 0.3) is 0 Å². The normalized spacial score (nSPS) is 11.7. The first-order chi connectivity index (χ1) is 14.4. The molecule has 3 aromatic rings. The Kier molecular flexibility index (Phi) is 7.08. The van der Waals surface area contributed by atoms with E-state index in [9.17, 15) is 14.0 Å². The number of carbonyl (C=O) groups excluding carboxylic acids is 2. The van der Waals surface area contributed by atoms with Crippen LogP contribution in [0.3, 0.4) is 0 Å². The summed E-state index contributed by atoms with van der Waals surface area (Å²) in [6.45, 7) is 2.15. The zero-order valence-corrected chi connectivity index (χ0v) is 16.9. The van der Waals surface area contributed by atoms with Gasteiger partial charge in [-0.05, 0) is 59.3 Å². The molecular weight excluding hydrogens is 411 g/mol. The summed E-state index contributed by atoms with van der Waals surface area (Å²) in [6.07, 6.45) is 0.287. The molecule has 0 saturated heterocycles. The second-order valence-electron chi connectivity index (χ2n) is 6.57. The van der Waals surface area contributed by atoms with E-state index in [0.717, 1.165) is 5.56 Å². The number of benzene rings is 2. The van der Waals surface area contributed by atoms with Crippen molar-refractivity contribution in [2.24, 2.45) is 0 Å². The van der Waals surface area contributed by atoms with Gasteiger partial charge in [-0.25, -0.2) is 9.07 Å². The lowest BCUT2D eigenvalue weighted by molar-refractivity contribution is -0.124. The first kappa shape index (κ1) is 21.4. The first-order valence-corrected chi connectivity index (χ1v) is 9.62. The largest absolute Gasteiger partial charge is 0.352 e. The topological polar surface area (TPSA) is 102 Å². The number of hydrogen-bond acceptors (Lipinski definition) is 5. The van der Waals surface area contributed by atoms with Crippen molar-refractivity contribution in [3.63, 3.8) is 0 Å². The lowest BCUT2D eigenvalue weighted by Gasteiger charge is -2.18. The lowest BCUT2D eigenvalue weighted by atomic mass is 10.1. The van der Waals surface area contributed by atoms with E-state index in [2.05, 4.69) is 26.2 Å². The maximum Gasteiger partial charge on any atom is 0.251 e. The number of hydrogen-bond donors (Lipinski definition) is 2. The van der Waals surface area contributed by atoms with Crippen LogP contribution in [0.15, 0.2) is 48.5 Å². The number of tetrazole rings is 1. The Morgan fingerprint density at radius 2 is 1.73 bits per heavy atom. The quantitative estimate of drug-likeness (QED) is 0.533. The van der Waals surface area contributed by atoms with Crippen LogP contribution in [-0.4, -0.2) is 45.1 Å². The van der Waals surface area contributed by atoms with Gasteiger partial charge in [-0.1, -0.05) is 23.7 Å². The fourth-order valence-corrected chi connectivity index (χ4v) is 2.97. The smallest absolute Gasteiger partial charge is 0.251 e. The summed E-state index contributed by atoms with van der Waals surface area (Å²) in [5, 5.41) is 17.4.